The summed E-state index contributed by atoms with van der Waals surface area (Å²) >= 11 is 0. The van der Waals surface area contributed by atoms with Crippen molar-refractivity contribution in [2.24, 2.45) is 5.11 Å². The molecule has 0 aliphatic carbocycles. The Labute approximate surface area is 113 Å². The molecule has 19 heavy (non-hydrogen) atoms. The number of nitrogens with zero attached hydrogens (tertiary/aromatic N) is 3. The first-order chi connectivity index (χ1) is 9.16. The number of carboxylic acid groups (broad SMARTS) is 1. The second-order valence-electron chi connectivity index (χ2n) is 4.32. The Morgan fingerprint density at radius 3 is 2.42 bits per heavy atom. The van der Waals surface area contributed by atoms with E-state index in [1.807, 2.05) is 0 Å². The maximum Gasteiger partial charge on any atom is 0.303 e. The van der Waals surface area contributed by atoms with E-state index in [4.69, 9.17) is 10.6 Å². The Bertz CT molecular complexity index is 314. The van der Waals surface area contributed by atoms with Crippen molar-refractivity contribution in [2.75, 3.05) is 13.1 Å². The van der Waals surface area contributed by atoms with Crippen LogP contribution in [-0.4, -0.2) is 30.1 Å². The van der Waals surface area contributed by atoms with Crippen molar-refractivity contribution in [3.63, 3.8) is 0 Å². The van der Waals surface area contributed by atoms with Crippen LogP contribution >= 0.6 is 0 Å². The van der Waals surface area contributed by atoms with Gasteiger partial charge in [0.15, 0.2) is 0 Å². The highest BCUT2D eigenvalue weighted by Crippen LogP contribution is 2.01. The third-order valence-electron chi connectivity index (χ3n) is 2.61. The Kier molecular flexibility index (Phi) is 11.5. The van der Waals surface area contributed by atoms with Crippen LogP contribution in [-0.2, 0) is 9.59 Å². The molecule has 0 aliphatic heterocycles. The normalized spacial score (nSPS) is 9.68. The molecular weight excluding hydrogens is 248 g/mol. The molecule has 0 saturated carbocycles. The molecule has 108 valence electrons. The molecule has 2 N–H and O–H groups in total. The summed E-state index contributed by atoms with van der Waals surface area (Å²) in [6.07, 6.45) is 5.47. The summed E-state index contributed by atoms with van der Waals surface area (Å²) < 4.78 is 0. The van der Waals surface area contributed by atoms with Gasteiger partial charge in [-0.2, -0.15) is 0 Å². The van der Waals surface area contributed by atoms with E-state index in [0.717, 1.165) is 32.1 Å². The van der Waals surface area contributed by atoms with Crippen molar-refractivity contribution in [3.8, 4) is 0 Å². The van der Waals surface area contributed by atoms with Crippen LogP contribution in [0.5, 0.6) is 0 Å². The zero-order chi connectivity index (χ0) is 14.3. The van der Waals surface area contributed by atoms with Gasteiger partial charge in [-0.3, -0.25) is 9.59 Å². The van der Waals surface area contributed by atoms with Crippen molar-refractivity contribution in [1.29, 1.82) is 0 Å². The molecular formula is C12H22N4O3. The minimum Gasteiger partial charge on any atom is -0.481 e. The molecule has 0 aliphatic rings. The molecule has 0 bridgehead atoms. The summed E-state index contributed by atoms with van der Waals surface area (Å²) in [4.78, 5) is 24.3. The number of hydrogen-bond acceptors (Lipinski definition) is 3. The second kappa shape index (κ2) is 12.7. The predicted molar refractivity (Wildman–Crippen MR) is 71.6 cm³/mol. The Morgan fingerprint density at radius 1 is 1.05 bits per heavy atom. The topological polar surface area (TPSA) is 115 Å². The molecule has 0 aromatic rings. The summed E-state index contributed by atoms with van der Waals surface area (Å²) in [5, 5.41) is 14.7. The number of rotatable bonds is 12. The highest BCUT2D eigenvalue weighted by molar-refractivity contribution is 5.75. The standard InChI is InChI=1S/C12H22N4O3/c13-16-15-10-6-1-3-7-11(17)14-9-5-2-4-8-12(18)19/h1-10H2,(H,14,17)(H,18,19). The average molecular weight is 270 g/mol. The minimum absolute atomic E-state index is 0.0296. The Balaban J connectivity index is 3.25. The largest absolute Gasteiger partial charge is 0.481 e. The maximum absolute atomic E-state index is 11.4. The van der Waals surface area contributed by atoms with Gasteiger partial charge in [-0.25, -0.2) is 0 Å². The third-order valence-corrected chi connectivity index (χ3v) is 2.61. The van der Waals surface area contributed by atoms with E-state index in [-0.39, 0.29) is 12.3 Å². The molecule has 7 nitrogen and oxygen atoms in total. The predicted octanol–water partition coefficient (Wildman–Crippen LogP) is 2.62. The molecule has 7 heteroatoms. The van der Waals surface area contributed by atoms with Gasteiger partial charge in [-0.05, 0) is 31.2 Å². The lowest BCUT2D eigenvalue weighted by molar-refractivity contribution is -0.137. The zero-order valence-corrected chi connectivity index (χ0v) is 11.2. The fourth-order valence-electron chi connectivity index (χ4n) is 1.58. The fraction of sp³-hybridized carbons (Fsp3) is 0.833. The van der Waals surface area contributed by atoms with Gasteiger partial charge in [-0.15, -0.1) is 0 Å². The molecule has 0 aromatic carbocycles. The van der Waals surface area contributed by atoms with Gasteiger partial charge in [0.2, 0.25) is 5.91 Å². The number of carbonyl (C=O) groups is 2. The van der Waals surface area contributed by atoms with Crippen molar-refractivity contribution < 1.29 is 14.7 Å². The van der Waals surface area contributed by atoms with E-state index in [9.17, 15) is 9.59 Å². The van der Waals surface area contributed by atoms with Gasteiger partial charge in [0.25, 0.3) is 0 Å². The number of amides is 1. The van der Waals surface area contributed by atoms with E-state index in [1.165, 1.54) is 0 Å². The first kappa shape index (κ1) is 17.2. The Hall–Kier alpha value is -1.75. The first-order valence-electron chi connectivity index (χ1n) is 6.66. The molecule has 0 atom stereocenters. The second-order valence-corrected chi connectivity index (χ2v) is 4.32. The van der Waals surface area contributed by atoms with Gasteiger partial charge in [0, 0.05) is 30.8 Å². The minimum atomic E-state index is -0.773. The summed E-state index contributed by atoms with van der Waals surface area (Å²) in [5.41, 5.74) is 8.06. The van der Waals surface area contributed by atoms with Crippen molar-refractivity contribution >= 4 is 11.9 Å². The van der Waals surface area contributed by atoms with Crippen LogP contribution in [0.25, 0.3) is 10.4 Å². The van der Waals surface area contributed by atoms with E-state index < -0.39 is 5.97 Å². The van der Waals surface area contributed by atoms with E-state index in [0.29, 0.717) is 25.9 Å². The first-order valence-corrected chi connectivity index (χ1v) is 6.66. The summed E-state index contributed by atoms with van der Waals surface area (Å²) in [7, 11) is 0. The SMILES string of the molecule is [N-]=[N+]=NCCCCCC(=O)NCCCCCC(=O)O. The smallest absolute Gasteiger partial charge is 0.303 e. The molecule has 0 fully saturated rings. The molecule has 0 rings (SSSR count). The molecule has 0 spiro atoms. The quantitative estimate of drug-likeness (QED) is 0.246. The van der Waals surface area contributed by atoms with Crippen molar-refractivity contribution in [1.82, 2.24) is 5.32 Å². The number of nitrogens with one attached hydrogen (secondary N) is 1. The molecule has 0 heterocycles. The molecule has 0 saturated heterocycles. The number of unbranched alkanes of at least 4 members (excludes halogenated alkanes) is 4. The lowest BCUT2D eigenvalue weighted by Crippen LogP contribution is -2.24. The average Bonchev–Trinajstić information content (AvgIpc) is 2.37. The highest BCUT2D eigenvalue weighted by atomic mass is 16.4. The number of aliphatic carboxylic acids is 1. The molecule has 0 aromatic heterocycles. The van der Waals surface area contributed by atoms with Gasteiger partial charge >= 0.3 is 5.97 Å². The van der Waals surface area contributed by atoms with E-state index in [2.05, 4.69) is 15.3 Å². The summed E-state index contributed by atoms with van der Waals surface area (Å²) in [6, 6.07) is 0. The van der Waals surface area contributed by atoms with Gasteiger partial charge < -0.3 is 10.4 Å². The molecule has 0 radical (unpaired) electrons. The zero-order valence-electron chi connectivity index (χ0n) is 11.2. The molecule has 1 amide bonds. The van der Waals surface area contributed by atoms with E-state index >= 15 is 0 Å². The van der Waals surface area contributed by atoms with Crippen LogP contribution in [0.2, 0.25) is 0 Å². The lowest BCUT2D eigenvalue weighted by Gasteiger charge is -2.04. The third kappa shape index (κ3) is 14.2. The van der Waals surface area contributed by atoms with Crippen molar-refractivity contribution in [3.05, 3.63) is 10.4 Å². The van der Waals surface area contributed by atoms with Gasteiger partial charge in [0.05, 0.1) is 0 Å². The number of azide groups is 1. The lowest BCUT2D eigenvalue weighted by atomic mass is 10.1. The molecule has 0 unspecified atom stereocenters. The Morgan fingerprint density at radius 2 is 1.74 bits per heavy atom. The fourth-order valence-corrected chi connectivity index (χ4v) is 1.58. The number of carboxylic acids is 1. The van der Waals surface area contributed by atoms with Crippen LogP contribution in [0.1, 0.15) is 51.4 Å². The van der Waals surface area contributed by atoms with Gasteiger partial charge in [-0.1, -0.05) is 18.0 Å². The monoisotopic (exact) mass is 270 g/mol. The van der Waals surface area contributed by atoms with Crippen LogP contribution in [0.4, 0.5) is 0 Å². The van der Waals surface area contributed by atoms with Crippen LogP contribution < -0.4 is 5.32 Å². The van der Waals surface area contributed by atoms with Gasteiger partial charge in [0.1, 0.15) is 0 Å². The summed E-state index contributed by atoms with van der Waals surface area (Å²) in [6.45, 7) is 1.10. The number of carbonyl (C=O) groups excluding carboxylic acids is 1. The van der Waals surface area contributed by atoms with Crippen molar-refractivity contribution in [2.45, 2.75) is 51.4 Å². The van der Waals surface area contributed by atoms with E-state index in [1.54, 1.807) is 0 Å². The summed E-state index contributed by atoms with van der Waals surface area (Å²) in [5.74, 6) is -0.744. The maximum atomic E-state index is 11.4. The van der Waals surface area contributed by atoms with Crippen LogP contribution in [0.15, 0.2) is 5.11 Å². The van der Waals surface area contributed by atoms with Crippen LogP contribution in [0, 0.1) is 0 Å². The highest BCUT2D eigenvalue weighted by Gasteiger charge is 2.00. The number of hydrogen-bond donors (Lipinski definition) is 2. The van der Waals surface area contributed by atoms with Crippen LogP contribution in [0.3, 0.4) is 0 Å².